The van der Waals surface area contributed by atoms with Crippen molar-refractivity contribution in [3.05, 3.63) is 64.0 Å². The van der Waals surface area contributed by atoms with E-state index in [0.29, 0.717) is 18.8 Å². The molecule has 1 atom stereocenters. The lowest BCUT2D eigenvalue weighted by Crippen LogP contribution is -2.64. The fraction of sp³-hybridized carbons (Fsp3) is 0.444. The molecule has 3 heterocycles. The minimum atomic E-state index is -1.01. The molecule has 0 unspecified atom stereocenters. The lowest BCUT2D eigenvalue weighted by molar-refractivity contribution is -0.134. The zero-order chi connectivity index (χ0) is 23.7. The van der Waals surface area contributed by atoms with Crippen molar-refractivity contribution in [3.63, 3.8) is 0 Å². The van der Waals surface area contributed by atoms with Gasteiger partial charge in [-0.15, -0.1) is 11.3 Å². The SMILES string of the molecule is CCc1ccc(-c2cc3n(n2)C[C@@](C)(C(=O)NC2CCCCC2)N(Cc2cccs2)C3=O)cc1. The van der Waals surface area contributed by atoms with Gasteiger partial charge in [-0.3, -0.25) is 14.3 Å². The van der Waals surface area contributed by atoms with Crippen LogP contribution in [0.3, 0.4) is 0 Å². The van der Waals surface area contributed by atoms with E-state index in [2.05, 4.69) is 36.5 Å². The van der Waals surface area contributed by atoms with Crippen LogP contribution in [-0.4, -0.2) is 38.1 Å². The van der Waals surface area contributed by atoms with Gasteiger partial charge in [0.2, 0.25) is 5.91 Å². The Hall–Kier alpha value is -2.93. The van der Waals surface area contributed by atoms with Gasteiger partial charge in [-0.1, -0.05) is 56.5 Å². The van der Waals surface area contributed by atoms with Gasteiger partial charge in [0.15, 0.2) is 0 Å². The standard InChI is InChI=1S/C27H32N4O2S/c1-3-19-11-13-20(14-12-19)23-16-24-25(32)30(17-22-10-7-15-34-22)27(2,18-31(24)29-23)26(33)28-21-8-5-4-6-9-21/h7,10-16,21H,3-6,8-9,17-18H2,1-2H3,(H,28,33)/t27-/m0/s1. The van der Waals surface area contributed by atoms with Crippen molar-refractivity contribution in [2.45, 2.75) is 77.0 Å². The van der Waals surface area contributed by atoms with E-state index in [1.54, 1.807) is 20.9 Å². The number of carbonyl (C=O) groups excluding carboxylic acids is 2. The largest absolute Gasteiger partial charge is 0.351 e. The first-order valence-corrected chi connectivity index (χ1v) is 13.2. The molecule has 0 bridgehead atoms. The van der Waals surface area contributed by atoms with Gasteiger partial charge in [0.25, 0.3) is 5.91 Å². The molecule has 1 aliphatic carbocycles. The summed E-state index contributed by atoms with van der Waals surface area (Å²) in [5, 5.41) is 10.1. The fourth-order valence-electron chi connectivity index (χ4n) is 5.09. The molecule has 2 aliphatic rings. The Morgan fingerprint density at radius 3 is 2.62 bits per heavy atom. The van der Waals surface area contributed by atoms with Gasteiger partial charge in [-0.25, -0.2) is 0 Å². The molecular weight excluding hydrogens is 444 g/mol. The van der Waals surface area contributed by atoms with Crippen LogP contribution in [0.15, 0.2) is 47.8 Å². The molecule has 1 saturated carbocycles. The first kappa shape index (κ1) is 22.8. The van der Waals surface area contributed by atoms with Crippen LogP contribution in [-0.2, 0) is 24.3 Å². The van der Waals surface area contributed by atoms with E-state index in [0.717, 1.165) is 48.2 Å². The molecule has 0 spiro atoms. The lowest BCUT2D eigenvalue weighted by atomic mass is 9.91. The summed E-state index contributed by atoms with van der Waals surface area (Å²) in [6, 6.07) is 14.3. The molecule has 1 aromatic carbocycles. The molecule has 6 nitrogen and oxygen atoms in total. The second kappa shape index (κ2) is 9.37. The Bertz CT molecular complexity index is 1160. The number of aryl methyl sites for hydroxylation is 1. The molecule has 0 saturated heterocycles. The predicted molar refractivity (Wildman–Crippen MR) is 135 cm³/mol. The number of rotatable bonds is 6. The highest BCUT2D eigenvalue weighted by molar-refractivity contribution is 7.09. The van der Waals surface area contributed by atoms with Crippen LogP contribution in [0.1, 0.15) is 66.9 Å². The molecule has 1 aliphatic heterocycles. The third kappa shape index (κ3) is 4.29. The van der Waals surface area contributed by atoms with Gasteiger partial charge < -0.3 is 10.2 Å². The maximum Gasteiger partial charge on any atom is 0.273 e. The highest BCUT2D eigenvalue weighted by Gasteiger charge is 2.48. The second-order valence-corrected chi connectivity index (χ2v) is 10.7. The highest BCUT2D eigenvalue weighted by atomic mass is 32.1. The van der Waals surface area contributed by atoms with Crippen molar-refractivity contribution < 1.29 is 9.59 Å². The van der Waals surface area contributed by atoms with E-state index in [9.17, 15) is 9.59 Å². The summed E-state index contributed by atoms with van der Waals surface area (Å²) in [5.74, 6) is -0.232. The zero-order valence-electron chi connectivity index (χ0n) is 19.9. The first-order valence-electron chi connectivity index (χ1n) is 12.3. The van der Waals surface area contributed by atoms with E-state index in [1.807, 2.05) is 30.5 Å². The Balaban J connectivity index is 1.48. The number of amides is 2. The van der Waals surface area contributed by atoms with Gasteiger partial charge in [0.1, 0.15) is 11.2 Å². The Morgan fingerprint density at radius 2 is 1.94 bits per heavy atom. The summed E-state index contributed by atoms with van der Waals surface area (Å²) in [6.07, 6.45) is 6.50. The Kier molecular flexibility index (Phi) is 6.30. The summed E-state index contributed by atoms with van der Waals surface area (Å²) >= 11 is 1.61. The Morgan fingerprint density at radius 1 is 1.18 bits per heavy atom. The second-order valence-electron chi connectivity index (χ2n) is 9.68. The summed E-state index contributed by atoms with van der Waals surface area (Å²) in [7, 11) is 0. The van der Waals surface area contributed by atoms with Crippen LogP contribution in [0, 0.1) is 0 Å². The quantitative estimate of drug-likeness (QED) is 0.542. The number of hydrogen-bond donors (Lipinski definition) is 1. The van der Waals surface area contributed by atoms with Crippen LogP contribution in [0.4, 0.5) is 0 Å². The fourth-order valence-corrected chi connectivity index (χ4v) is 5.78. The predicted octanol–water partition coefficient (Wildman–Crippen LogP) is 5.04. The van der Waals surface area contributed by atoms with E-state index >= 15 is 0 Å². The number of nitrogens with zero attached hydrogens (tertiary/aromatic N) is 3. The van der Waals surface area contributed by atoms with Crippen LogP contribution in [0.5, 0.6) is 0 Å². The number of hydrogen-bond acceptors (Lipinski definition) is 4. The van der Waals surface area contributed by atoms with Crippen LogP contribution >= 0.6 is 11.3 Å². The van der Waals surface area contributed by atoms with Gasteiger partial charge in [0.05, 0.1) is 18.8 Å². The van der Waals surface area contributed by atoms with E-state index < -0.39 is 5.54 Å². The number of carbonyl (C=O) groups is 2. The normalized spacial score (nSPS) is 20.9. The molecule has 1 fully saturated rings. The molecule has 3 aromatic rings. The number of thiophene rings is 1. The van der Waals surface area contributed by atoms with Crippen LogP contribution in [0.2, 0.25) is 0 Å². The molecule has 1 N–H and O–H groups in total. The van der Waals surface area contributed by atoms with Crippen molar-refractivity contribution in [2.24, 2.45) is 0 Å². The maximum atomic E-state index is 13.8. The topological polar surface area (TPSA) is 67.2 Å². The van der Waals surface area contributed by atoms with Crippen molar-refractivity contribution >= 4 is 23.2 Å². The summed E-state index contributed by atoms with van der Waals surface area (Å²) in [6.45, 7) is 4.77. The molecule has 7 heteroatoms. The zero-order valence-corrected chi connectivity index (χ0v) is 20.7. The third-order valence-electron chi connectivity index (χ3n) is 7.28. The average Bonchev–Trinajstić information content (AvgIpc) is 3.52. The van der Waals surface area contributed by atoms with Crippen molar-refractivity contribution in [3.8, 4) is 11.3 Å². The summed E-state index contributed by atoms with van der Waals surface area (Å²) < 4.78 is 1.73. The van der Waals surface area contributed by atoms with E-state index in [1.165, 1.54) is 12.0 Å². The smallest absolute Gasteiger partial charge is 0.273 e. The van der Waals surface area contributed by atoms with E-state index in [4.69, 9.17) is 5.10 Å². The van der Waals surface area contributed by atoms with E-state index in [-0.39, 0.29) is 17.9 Å². The first-order chi connectivity index (χ1) is 16.5. The minimum Gasteiger partial charge on any atom is -0.351 e. The Labute approximate surface area is 205 Å². The molecule has 2 amide bonds. The van der Waals surface area contributed by atoms with Gasteiger partial charge in [-0.2, -0.15) is 5.10 Å². The average molecular weight is 477 g/mol. The summed E-state index contributed by atoms with van der Waals surface area (Å²) in [5.41, 5.74) is 2.52. The van der Waals surface area contributed by atoms with Crippen LogP contribution < -0.4 is 5.32 Å². The maximum absolute atomic E-state index is 13.8. The summed E-state index contributed by atoms with van der Waals surface area (Å²) in [4.78, 5) is 30.3. The highest BCUT2D eigenvalue weighted by Crippen LogP contribution is 2.32. The van der Waals surface area contributed by atoms with Crippen molar-refractivity contribution in [1.82, 2.24) is 20.0 Å². The molecular formula is C27H32N4O2S. The van der Waals surface area contributed by atoms with Gasteiger partial charge in [0, 0.05) is 16.5 Å². The molecule has 0 radical (unpaired) electrons. The monoisotopic (exact) mass is 476 g/mol. The molecule has 5 rings (SSSR count). The molecule has 2 aromatic heterocycles. The van der Waals surface area contributed by atoms with Crippen LogP contribution in [0.25, 0.3) is 11.3 Å². The number of aromatic nitrogens is 2. The van der Waals surface area contributed by atoms with Crippen molar-refractivity contribution in [1.29, 1.82) is 0 Å². The number of benzene rings is 1. The number of nitrogens with one attached hydrogen (secondary N) is 1. The molecule has 34 heavy (non-hydrogen) atoms. The third-order valence-corrected chi connectivity index (χ3v) is 8.14. The van der Waals surface area contributed by atoms with Gasteiger partial charge >= 0.3 is 0 Å². The number of fused-ring (bicyclic) bond motifs is 1. The van der Waals surface area contributed by atoms with Gasteiger partial charge in [-0.05, 0) is 49.3 Å². The minimum absolute atomic E-state index is 0.0840. The lowest BCUT2D eigenvalue weighted by Gasteiger charge is -2.43. The van der Waals surface area contributed by atoms with Crippen molar-refractivity contribution in [2.75, 3.05) is 0 Å². The molecule has 178 valence electrons.